The van der Waals surface area contributed by atoms with Crippen molar-refractivity contribution in [2.75, 3.05) is 0 Å². The Morgan fingerprint density at radius 1 is 1.10 bits per heavy atom. The van der Waals surface area contributed by atoms with Gasteiger partial charge in [-0.1, -0.05) is 0 Å². The topological polar surface area (TPSA) is 91.3 Å². The minimum Gasteiger partial charge on any atom is -0.770 e. The number of aromatic nitrogens is 1. The second-order valence-electron chi connectivity index (χ2n) is 3.47. The summed E-state index contributed by atoms with van der Waals surface area (Å²) in [4.78, 5) is 0. The van der Waals surface area contributed by atoms with Gasteiger partial charge in [0.15, 0.2) is 17.0 Å². The van der Waals surface area contributed by atoms with E-state index in [0.717, 1.165) is 12.5 Å². The van der Waals surface area contributed by atoms with E-state index in [2.05, 4.69) is 4.42 Å². The Balaban J connectivity index is 3.70. The maximum Gasteiger partial charge on any atom is 0.502 e. The number of hydrogen-bond donors (Lipinski definition) is 0. The molecule has 0 spiro atoms. The largest absolute Gasteiger partial charge is 0.770 e. The molecular weight excluding hydrogens is 356 g/mol. The molecule has 1 unspecified atom stereocenters. The van der Waals surface area contributed by atoms with Gasteiger partial charge in [0.05, 0.1) is 0 Å². The first-order chi connectivity index (χ1) is 9.21. The van der Waals surface area contributed by atoms with Crippen LogP contribution < -0.4 is 4.57 Å². The highest BCUT2D eigenvalue weighted by Crippen LogP contribution is 2.31. The molecule has 1 rings (SSSR count). The Morgan fingerprint density at radius 3 is 1.95 bits per heavy atom. The summed E-state index contributed by atoms with van der Waals surface area (Å²) in [6, 6.07) is 0. The summed E-state index contributed by atoms with van der Waals surface area (Å²) in [6.07, 6.45) is 2.08. The molecule has 1 aromatic rings. The first kappa shape index (κ1) is 17.8. The molecular formula is C7H5F6NO5S2. The van der Waals surface area contributed by atoms with E-state index in [1.54, 1.807) is 0 Å². The van der Waals surface area contributed by atoms with Crippen LogP contribution in [0.25, 0.3) is 0 Å². The molecule has 0 radical (unpaired) electrons. The zero-order valence-electron chi connectivity index (χ0n) is 9.51. The van der Waals surface area contributed by atoms with E-state index < -0.39 is 41.4 Å². The summed E-state index contributed by atoms with van der Waals surface area (Å²) in [7, 11) is -13.4. The van der Waals surface area contributed by atoms with Crippen LogP contribution in [0.2, 0.25) is 0 Å². The zero-order valence-corrected chi connectivity index (χ0v) is 11.1. The SMILES string of the molecule is O=S(=O)(C(C[n+]1ccoc1)=S(=O)([O-])C(F)(F)F)C(F)(F)F. The minimum atomic E-state index is -6.71. The van der Waals surface area contributed by atoms with Gasteiger partial charge in [0, 0.05) is 9.80 Å². The highest BCUT2D eigenvalue weighted by molar-refractivity contribution is 8.22. The number of nitrogens with zero attached hydrogens (tertiary/aromatic N) is 1. The average molecular weight is 361 g/mol. The van der Waals surface area contributed by atoms with Crippen LogP contribution in [-0.4, -0.2) is 32.4 Å². The third kappa shape index (κ3) is 3.32. The fourth-order valence-electron chi connectivity index (χ4n) is 1.07. The van der Waals surface area contributed by atoms with E-state index in [4.69, 9.17) is 0 Å². The van der Waals surface area contributed by atoms with Crippen molar-refractivity contribution < 1.29 is 52.5 Å². The van der Waals surface area contributed by atoms with Crippen molar-refractivity contribution in [3.05, 3.63) is 18.9 Å². The highest BCUT2D eigenvalue weighted by atomic mass is 32.3. The van der Waals surface area contributed by atoms with Crippen LogP contribution in [0.15, 0.2) is 23.3 Å². The van der Waals surface area contributed by atoms with Crippen LogP contribution >= 0.6 is 0 Å². The quantitative estimate of drug-likeness (QED) is 0.436. The Kier molecular flexibility index (Phi) is 4.37. The molecule has 1 atom stereocenters. The third-order valence-electron chi connectivity index (χ3n) is 2.05. The number of alkyl halides is 6. The van der Waals surface area contributed by atoms with Crippen LogP contribution in [0.5, 0.6) is 0 Å². The smallest absolute Gasteiger partial charge is 0.502 e. The van der Waals surface area contributed by atoms with Crippen molar-refractivity contribution in [2.45, 2.75) is 17.6 Å². The molecule has 0 aliphatic carbocycles. The van der Waals surface area contributed by atoms with Crippen molar-refractivity contribution in [3.63, 3.8) is 0 Å². The zero-order chi connectivity index (χ0) is 16.7. The molecule has 0 aliphatic rings. The molecule has 0 saturated carbocycles. The Morgan fingerprint density at radius 2 is 1.62 bits per heavy atom. The molecule has 21 heavy (non-hydrogen) atoms. The van der Waals surface area contributed by atoms with Crippen LogP contribution in [0.1, 0.15) is 0 Å². The number of halogens is 6. The van der Waals surface area contributed by atoms with Gasteiger partial charge in [-0.05, 0) is 0 Å². The molecule has 0 amide bonds. The molecule has 0 bridgehead atoms. The number of hydrogen-bond acceptors (Lipinski definition) is 5. The average Bonchev–Trinajstić information content (AvgIpc) is 2.74. The molecule has 0 aliphatic heterocycles. The van der Waals surface area contributed by atoms with Gasteiger partial charge in [-0.15, -0.1) is 0 Å². The molecule has 0 saturated heterocycles. The van der Waals surface area contributed by atoms with Crippen LogP contribution in [0.4, 0.5) is 26.3 Å². The summed E-state index contributed by atoms with van der Waals surface area (Å²) in [5.41, 5.74) is -12.4. The first-order valence-corrected chi connectivity index (χ1v) is 7.57. The second-order valence-corrected chi connectivity index (χ2v) is 7.65. The lowest BCUT2D eigenvalue weighted by Crippen LogP contribution is -2.47. The molecule has 1 aromatic heterocycles. The Bertz CT molecular complexity index is 723. The van der Waals surface area contributed by atoms with E-state index in [-0.39, 0.29) is 0 Å². The van der Waals surface area contributed by atoms with Crippen molar-refractivity contribution in [1.82, 2.24) is 0 Å². The molecule has 122 valence electrons. The van der Waals surface area contributed by atoms with Gasteiger partial charge < -0.3 is 8.97 Å². The second kappa shape index (κ2) is 5.17. The predicted octanol–water partition coefficient (Wildman–Crippen LogP) is 0.566. The molecule has 0 fully saturated rings. The summed E-state index contributed by atoms with van der Waals surface area (Å²) in [5.74, 6) is 0. The normalized spacial score (nSPS) is 16.5. The summed E-state index contributed by atoms with van der Waals surface area (Å²) >= 11 is 0. The number of rotatable bonds is 2. The predicted molar refractivity (Wildman–Crippen MR) is 53.9 cm³/mol. The molecule has 14 heteroatoms. The van der Waals surface area contributed by atoms with Crippen LogP contribution in [-0.2, 0) is 26.2 Å². The standard InChI is InChI=1S/C7H5F6NO5S2/c8-6(9,10)20(15,16)5(3-14-1-2-19-4-14)21(17,18)7(11,12)13/h1-2,4H,3H2. The molecule has 1 heterocycles. The van der Waals surface area contributed by atoms with Crippen molar-refractivity contribution in [2.24, 2.45) is 0 Å². The third-order valence-corrected chi connectivity index (χ3v) is 6.04. The van der Waals surface area contributed by atoms with Gasteiger partial charge in [-0.2, -0.15) is 30.9 Å². The molecule has 6 nitrogen and oxygen atoms in total. The summed E-state index contributed by atoms with van der Waals surface area (Å²) < 4.78 is 120. The molecule has 0 N–H and O–H groups in total. The van der Waals surface area contributed by atoms with E-state index >= 15 is 0 Å². The highest BCUT2D eigenvalue weighted by Gasteiger charge is 2.54. The maximum absolute atomic E-state index is 12.4. The van der Waals surface area contributed by atoms with Crippen LogP contribution in [0.3, 0.4) is 0 Å². The fraction of sp³-hybridized carbons (Fsp3) is 0.429. The van der Waals surface area contributed by atoms with Crippen LogP contribution in [0, 0.1) is 0 Å². The first-order valence-electron chi connectivity index (χ1n) is 4.61. The fourth-order valence-corrected chi connectivity index (χ4v) is 3.95. The van der Waals surface area contributed by atoms with Gasteiger partial charge in [0.2, 0.25) is 6.20 Å². The van der Waals surface area contributed by atoms with Crippen molar-refractivity contribution >= 4 is 23.8 Å². The van der Waals surface area contributed by atoms with E-state index in [0.29, 0.717) is 11.0 Å². The lowest BCUT2D eigenvalue weighted by molar-refractivity contribution is -0.684. The van der Waals surface area contributed by atoms with E-state index in [1.165, 1.54) is 0 Å². The maximum atomic E-state index is 12.4. The van der Waals surface area contributed by atoms with Gasteiger partial charge in [-0.25, -0.2) is 8.42 Å². The van der Waals surface area contributed by atoms with Crippen molar-refractivity contribution in [3.8, 4) is 0 Å². The van der Waals surface area contributed by atoms with Gasteiger partial charge in [-0.3, -0.25) is 4.21 Å². The lowest BCUT2D eigenvalue weighted by Gasteiger charge is -2.22. The summed E-state index contributed by atoms with van der Waals surface area (Å²) in [6.45, 7) is -1.71. The lowest BCUT2D eigenvalue weighted by atomic mass is 10.7. The van der Waals surface area contributed by atoms with E-state index in [9.17, 15) is 43.5 Å². The number of oxazole rings is 1. The molecule has 0 aromatic carbocycles. The minimum absolute atomic E-state index is 0.391. The van der Waals surface area contributed by atoms with Gasteiger partial charge >= 0.3 is 17.4 Å². The monoisotopic (exact) mass is 361 g/mol. The van der Waals surface area contributed by atoms with Gasteiger partial charge in [0.25, 0.3) is 9.84 Å². The number of sulfone groups is 1. The Labute approximate surface area is 113 Å². The van der Waals surface area contributed by atoms with Gasteiger partial charge in [0.1, 0.15) is 0 Å². The summed E-state index contributed by atoms with van der Waals surface area (Å²) in [5, 5.41) is 0. The van der Waals surface area contributed by atoms with E-state index in [1.807, 2.05) is 0 Å². The van der Waals surface area contributed by atoms with Crippen molar-refractivity contribution in [1.29, 1.82) is 0 Å². The Hall–Kier alpha value is -1.28.